The fraction of sp³-hybridized carbons (Fsp3) is 0.455. The Morgan fingerprint density at radius 3 is 2.07 bits per heavy atom. The van der Waals surface area contributed by atoms with Crippen LogP contribution in [-0.4, -0.2) is 12.6 Å². The van der Waals surface area contributed by atoms with Gasteiger partial charge in [0.05, 0.1) is 7.11 Å². The largest absolute Gasteiger partial charge is 0.497 e. The van der Waals surface area contributed by atoms with E-state index in [1.165, 1.54) is 5.56 Å². The average Bonchev–Trinajstić information content (AvgIpc) is 2.03. The first kappa shape index (κ1) is 13.5. The van der Waals surface area contributed by atoms with Gasteiger partial charge in [-0.05, 0) is 38.0 Å². The first-order valence-corrected chi connectivity index (χ1v) is 4.43. The van der Waals surface area contributed by atoms with Gasteiger partial charge in [-0.1, -0.05) is 12.1 Å². The third-order valence-electron chi connectivity index (χ3n) is 1.82. The van der Waals surface area contributed by atoms with Crippen molar-refractivity contribution in [1.82, 2.24) is 0 Å². The molecule has 1 rings (SSSR count). The summed E-state index contributed by atoms with van der Waals surface area (Å²) in [6.07, 6.45) is 0.886. The van der Waals surface area contributed by atoms with Crippen LogP contribution in [0, 0.1) is 0 Å². The highest BCUT2D eigenvalue weighted by molar-refractivity contribution is 8.93. The van der Waals surface area contributed by atoms with Gasteiger partial charge in [0.15, 0.2) is 0 Å². The Hall–Kier alpha value is -0.540. The molecule has 2 N–H and O–H groups in total. The minimum Gasteiger partial charge on any atom is -0.497 e. The minimum atomic E-state index is -0.144. The molecule has 0 bridgehead atoms. The van der Waals surface area contributed by atoms with Gasteiger partial charge in [-0.3, -0.25) is 0 Å². The predicted octanol–water partition coefficient (Wildman–Crippen LogP) is 2.55. The molecule has 0 fully saturated rings. The average molecular weight is 260 g/mol. The Balaban J connectivity index is 0.00000169. The van der Waals surface area contributed by atoms with Crippen LogP contribution < -0.4 is 10.5 Å². The highest BCUT2D eigenvalue weighted by Crippen LogP contribution is 2.14. The molecule has 2 nitrogen and oxygen atoms in total. The molecule has 0 unspecified atom stereocenters. The molecule has 3 heteroatoms. The van der Waals surface area contributed by atoms with Crippen LogP contribution in [0.3, 0.4) is 0 Å². The molecule has 0 aliphatic heterocycles. The van der Waals surface area contributed by atoms with Crippen LogP contribution >= 0.6 is 17.0 Å². The Morgan fingerprint density at radius 1 is 1.21 bits per heavy atom. The first-order chi connectivity index (χ1) is 6.01. The van der Waals surface area contributed by atoms with Gasteiger partial charge in [-0.15, -0.1) is 17.0 Å². The molecule has 0 saturated heterocycles. The van der Waals surface area contributed by atoms with Gasteiger partial charge < -0.3 is 10.5 Å². The summed E-state index contributed by atoms with van der Waals surface area (Å²) in [6, 6.07) is 8.02. The lowest BCUT2D eigenvalue weighted by Crippen LogP contribution is -2.34. The number of rotatable bonds is 3. The molecule has 14 heavy (non-hydrogen) atoms. The third kappa shape index (κ3) is 4.63. The van der Waals surface area contributed by atoms with Crippen LogP contribution in [0.25, 0.3) is 0 Å². The fourth-order valence-electron chi connectivity index (χ4n) is 1.27. The van der Waals surface area contributed by atoms with E-state index in [1.807, 2.05) is 38.1 Å². The van der Waals surface area contributed by atoms with Crippen molar-refractivity contribution in [2.45, 2.75) is 25.8 Å². The Labute approximate surface area is 96.2 Å². The second kappa shape index (κ2) is 5.37. The van der Waals surface area contributed by atoms with Gasteiger partial charge in [-0.2, -0.15) is 0 Å². The van der Waals surface area contributed by atoms with Crippen LogP contribution in [0.5, 0.6) is 5.75 Å². The predicted molar refractivity (Wildman–Crippen MR) is 65.3 cm³/mol. The summed E-state index contributed by atoms with van der Waals surface area (Å²) in [4.78, 5) is 0. The lowest BCUT2D eigenvalue weighted by molar-refractivity contribution is 0.414. The standard InChI is InChI=1S/C11H17NO.BrH/c1-11(2,12)8-9-4-6-10(13-3)7-5-9;/h4-7H,8,12H2,1-3H3;1H. The molecule has 0 aliphatic rings. The maximum absolute atomic E-state index is 5.91. The van der Waals surface area contributed by atoms with Gasteiger partial charge in [0.25, 0.3) is 0 Å². The first-order valence-electron chi connectivity index (χ1n) is 4.43. The van der Waals surface area contributed by atoms with E-state index in [1.54, 1.807) is 7.11 Å². The van der Waals surface area contributed by atoms with Crippen LogP contribution in [0.4, 0.5) is 0 Å². The summed E-state index contributed by atoms with van der Waals surface area (Å²) in [7, 11) is 1.67. The van der Waals surface area contributed by atoms with Gasteiger partial charge in [0.1, 0.15) is 5.75 Å². The van der Waals surface area contributed by atoms with Crippen molar-refractivity contribution < 1.29 is 4.74 Å². The van der Waals surface area contributed by atoms with Crippen molar-refractivity contribution in [3.05, 3.63) is 29.8 Å². The quantitative estimate of drug-likeness (QED) is 0.906. The summed E-state index contributed by atoms with van der Waals surface area (Å²) < 4.78 is 5.07. The van der Waals surface area contributed by atoms with E-state index in [9.17, 15) is 0 Å². The summed E-state index contributed by atoms with van der Waals surface area (Å²) in [5.74, 6) is 0.888. The van der Waals surface area contributed by atoms with Crippen molar-refractivity contribution in [3.63, 3.8) is 0 Å². The van der Waals surface area contributed by atoms with Crippen LogP contribution in [-0.2, 0) is 6.42 Å². The monoisotopic (exact) mass is 259 g/mol. The van der Waals surface area contributed by atoms with Crippen molar-refractivity contribution in [2.24, 2.45) is 5.73 Å². The molecule has 1 aromatic carbocycles. The molecule has 0 saturated carbocycles. The van der Waals surface area contributed by atoms with Crippen LogP contribution in [0.15, 0.2) is 24.3 Å². The number of methoxy groups -OCH3 is 1. The number of halogens is 1. The zero-order valence-electron chi connectivity index (χ0n) is 8.91. The smallest absolute Gasteiger partial charge is 0.118 e. The van der Waals surface area contributed by atoms with E-state index in [0.29, 0.717) is 0 Å². The highest BCUT2D eigenvalue weighted by Gasteiger charge is 2.10. The zero-order valence-corrected chi connectivity index (χ0v) is 10.6. The van der Waals surface area contributed by atoms with E-state index >= 15 is 0 Å². The topological polar surface area (TPSA) is 35.2 Å². The molecular weight excluding hydrogens is 242 g/mol. The molecule has 0 aliphatic carbocycles. The SMILES string of the molecule is Br.COc1ccc(CC(C)(C)N)cc1. The molecule has 80 valence electrons. The molecule has 0 radical (unpaired) electrons. The fourth-order valence-corrected chi connectivity index (χ4v) is 1.27. The molecule has 1 aromatic rings. The number of benzene rings is 1. The number of ether oxygens (including phenoxy) is 1. The van der Waals surface area contributed by atoms with E-state index in [0.717, 1.165) is 12.2 Å². The Bertz CT molecular complexity index is 264. The molecule has 0 atom stereocenters. The Kier molecular flexibility index (Phi) is 5.16. The highest BCUT2D eigenvalue weighted by atomic mass is 79.9. The van der Waals surface area contributed by atoms with Gasteiger partial charge >= 0.3 is 0 Å². The van der Waals surface area contributed by atoms with E-state index in [2.05, 4.69) is 0 Å². The normalized spacial score (nSPS) is 10.6. The van der Waals surface area contributed by atoms with Crippen LogP contribution in [0.1, 0.15) is 19.4 Å². The summed E-state index contributed by atoms with van der Waals surface area (Å²) >= 11 is 0. The molecular formula is C11H18BrNO. The lowest BCUT2D eigenvalue weighted by Gasteiger charge is -2.18. The maximum atomic E-state index is 5.91. The molecule has 0 spiro atoms. The van der Waals surface area contributed by atoms with E-state index < -0.39 is 0 Å². The second-order valence-corrected chi connectivity index (χ2v) is 4.01. The van der Waals surface area contributed by atoms with Crippen LogP contribution in [0.2, 0.25) is 0 Å². The summed E-state index contributed by atoms with van der Waals surface area (Å²) in [5, 5.41) is 0. The van der Waals surface area contributed by atoms with Gasteiger partial charge in [0, 0.05) is 5.54 Å². The van der Waals surface area contributed by atoms with Crippen molar-refractivity contribution in [3.8, 4) is 5.75 Å². The van der Waals surface area contributed by atoms with Gasteiger partial charge in [-0.25, -0.2) is 0 Å². The molecule has 0 heterocycles. The molecule has 0 amide bonds. The van der Waals surface area contributed by atoms with Crippen molar-refractivity contribution in [1.29, 1.82) is 0 Å². The maximum Gasteiger partial charge on any atom is 0.118 e. The number of hydrogen-bond donors (Lipinski definition) is 1. The van der Waals surface area contributed by atoms with Crippen molar-refractivity contribution >= 4 is 17.0 Å². The van der Waals surface area contributed by atoms with E-state index in [4.69, 9.17) is 10.5 Å². The Morgan fingerprint density at radius 2 is 1.71 bits per heavy atom. The van der Waals surface area contributed by atoms with Crippen molar-refractivity contribution in [2.75, 3.05) is 7.11 Å². The number of hydrogen-bond acceptors (Lipinski definition) is 2. The summed E-state index contributed by atoms with van der Waals surface area (Å²) in [5.41, 5.74) is 7.01. The third-order valence-corrected chi connectivity index (χ3v) is 1.82. The number of nitrogens with two attached hydrogens (primary N) is 1. The van der Waals surface area contributed by atoms with Gasteiger partial charge in [0.2, 0.25) is 0 Å². The zero-order chi connectivity index (χ0) is 9.90. The van der Waals surface area contributed by atoms with E-state index in [-0.39, 0.29) is 22.5 Å². The summed E-state index contributed by atoms with van der Waals surface area (Å²) in [6.45, 7) is 4.05. The minimum absolute atomic E-state index is 0. The lowest BCUT2D eigenvalue weighted by atomic mass is 9.96. The second-order valence-electron chi connectivity index (χ2n) is 4.01. The molecule has 0 aromatic heterocycles.